The number of nitrogens with one attached hydrogen (secondary N) is 2. The zero-order valence-electron chi connectivity index (χ0n) is 12.7. The zero-order chi connectivity index (χ0) is 16.4. The molecule has 2 heterocycles. The SMILES string of the molecule is Cn1ncnc1[C@H](NC(=O)CCn1ccc(=O)[nH]c1=O)C1CC1. The van der Waals surface area contributed by atoms with E-state index in [1.807, 2.05) is 0 Å². The highest BCUT2D eigenvalue weighted by molar-refractivity contribution is 5.76. The molecule has 3 rings (SSSR count). The Balaban J connectivity index is 1.63. The number of aromatic amines is 1. The highest BCUT2D eigenvalue weighted by Gasteiger charge is 2.35. The predicted molar refractivity (Wildman–Crippen MR) is 80.6 cm³/mol. The van der Waals surface area contributed by atoms with Gasteiger partial charge in [0.25, 0.3) is 5.56 Å². The van der Waals surface area contributed by atoms with Crippen LogP contribution in [-0.4, -0.2) is 30.2 Å². The minimum Gasteiger partial charge on any atom is -0.346 e. The van der Waals surface area contributed by atoms with Crippen molar-refractivity contribution in [3.05, 3.63) is 45.3 Å². The minimum absolute atomic E-state index is 0.146. The normalized spacial score (nSPS) is 15.3. The molecule has 0 aromatic carbocycles. The Morgan fingerprint density at radius 2 is 2.26 bits per heavy atom. The maximum absolute atomic E-state index is 12.2. The summed E-state index contributed by atoms with van der Waals surface area (Å²) < 4.78 is 2.96. The van der Waals surface area contributed by atoms with E-state index >= 15 is 0 Å². The fraction of sp³-hybridized carbons (Fsp3) is 0.500. The summed E-state index contributed by atoms with van der Waals surface area (Å²) in [7, 11) is 1.80. The molecule has 1 fully saturated rings. The van der Waals surface area contributed by atoms with Gasteiger partial charge in [-0.05, 0) is 18.8 Å². The number of carbonyl (C=O) groups excluding carboxylic acids is 1. The molecule has 0 spiro atoms. The van der Waals surface area contributed by atoms with Crippen LogP contribution in [0, 0.1) is 5.92 Å². The lowest BCUT2D eigenvalue weighted by molar-refractivity contribution is -0.122. The number of hydrogen-bond donors (Lipinski definition) is 2. The molecule has 2 aromatic rings. The van der Waals surface area contributed by atoms with Gasteiger partial charge in [0, 0.05) is 32.3 Å². The van der Waals surface area contributed by atoms with Crippen molar-refractivity contribution in [2.24, 2.45) is 13.0 Å². The summed E-state index contributed by atoms with van der Waals surface area (Å²) in [4.78, 5) is 41.1. The van der Waals surface area contributed by atoms with Crippen molar-refractivity contribution < 1.29 is 4.79 Å². The second-order valence-electron chi connectivity index (χ2n) is 5.68. The van der Waals surface area contributed by atoms with Crippen LogP contribution in [0.5, 0.6) is 0 Å². The van der Waals surface area contributed by atoms with Crippen molar-refractivity contribution in [2.45, 2.75) is 31.8 Å². The molecule has 2 N–H and O–H groups in total. The molecular formula is C14H18N6O3. The molecule has 9 nitrogen and oxygen atoms in total. The molecule has 1 aliphatic carbocycles. The summed E-state index contributed by atoms with van der Waals surface area (Å²) in [5.41, 5.74) is -0.968. The first-order valence-corrected chi connectivity index (χ1v) is 7.47. The summed E-state index contributed by atoms with van der Waals surface area (Å²) in [6.07, 6.45) is 5.10. The first kappa shape index (κ1) is 15.2. The standard InChI is InChI=1S/C14H18N6O3/c1-19-13(15-8-16-19)12(9-2-3-9)17-10(21)4-6-20-7-5-11(22)18-14(20)23/h5,7-9,12H,2-4,6H2,1H3,(H,17,21)(H,18,22,23)/t12-/m1/s1. The van der Waals surface area contributed by atoms with Gasteiger partial charge in [0.1, 0.15) is 12.2 Å². The maximum Gasteiger partial charge on any atom is 0.328 e. The van der Waals surface area contributed by atoms with Gasteiger partial charge in [-0.15, -0.1) is 0 Å². The van der Waals surface area contributed by atoms with Gasteiger partial charge in [-0.1, -0.05) is 0 Å². The van der Waals surface area contributed by atoms with Crippen LogP contribution in [0.25, 0.3) is 0 Å². The van der Waals surface area contributed by atoms with Crippen molar-refractivity contribution in [3.8, 4) is 0 Å². The fourth-order valence-corrected chi connectivity index (χ4v) is 2.50. The molecule has 1 aliphatic rings. The van der Waals surface area contributed by atoms with Crippen LogP contribution >= 0.6 is 0 Å². The van der Waals surface area contributed by atoms with E-state index < -0.39 is 11.2 Å². The molecule has 0 aliphatic heterocycles. The largest absolute Gasteiger partial charge is 0.346 e. The monoisotopic (exact) mass is 318 g/mol. The molecule has 1 atom stereocenters. The third kappa shape index (κ3) is 3.55. The van der Waals surface area contributed by atoms with Gasteiger partial charge in [0.2, 0.25) is 5.91 Å². The highest BCUT2D eigenvalue weighted by atomic mass is 16.2. The third-order valence-corrected chi connectivity index (χ3v) is 3.91. The van der Waals surface area contributed by atoms with Crippen LogP contribution in [-0.2, 0) is 18.4 Å². The van der Waals surface area contributed by atoms with E-state index in [0.29, 0.717) is 5.92 Å². The summed E-state index contributed by atoms with van der Waals surface area (Å²) in [5, 5.41) is 7.02. The number of H-pyrrole nitrogens is 1. The van der Waals surface area contributed by atoms with Crippen molar-refractivity contribution >= 4 is 5.91 Å². The predicted octanol–water partition coefficient (Wildman–Crippen LogP) is -0.677. The Hall–Kier alpha value is -2.71. The topological polar surface area (TPSA) is 115 Å². The van der Waals surface area contributed by atoms with E-state index in [9.17, 15) is 14.4 Å². The number of amides is 1. The van der Waals surface area contributed by atoms with E-state index in [4.69, 9.17) is 0 Å². The Labute approximate surface area is 131 Å². The van der Waals surface area contributed by atoms with Crippen LogP contribution in [0.3, 0.4) is 0 Å². The first-order chi connectivity index (χ1) is 11.0. The molecule has 0 unspecified atom stereocenters. The van der Waals surface area contributed by atoms with Crippen molar-refractivity contribution in [3.63, 3.8) is 0 Å². The number of hydrogen-bond acceptors (Lipinski definition) is 5. The fourth-order valence-electron chi connectivity index (χ4n) is 2.50. The number of aryl methyl sites for hydroxylation is 2. The molecule has 23 heavy (non-hydrogen) atoms. The van der Waals surface area contributed by atoms with E-state index in [0.717, 1.165) is 18.7 Å². The van der Waals surface area contributed by atoms with Crippen LogP contribution in [0.15, 0.2) is 28.2 Å². The second-order valence-corrected chi connectivity index (χ2v) is 5.68. The quantitative estimate of drug-likeness (QED) is 0.732. The molecule has 1 amide bonds. The summed E-state index contributed by atoms with van der Waals surface area (Å²) in [6.45, 7) is 0.206. The van der Waals surface area contributed by atoms with Gasteiger partial charge in [-0.2, -0.15) is 5.10 Å². The van der Waals surface area contributed by atoms with E-state index in [1.165, 1.54) is 23.2 Å². The summed E-state index contributed by atoms with van der Waals surface area (Å²) >= 11 is 0. The van der Waals surface area contributed by atoms with Gasteiger partial charge in [-0.3, -0.25) is 19.3 Å². The smallest absolute Gasteiger partial charge is 0.328 e. The maximum atomic E-state index is 12.2. The minimum atomic E-state index is -0.516. The molecule has 0 radical (unpaired) electrons. The van der Waals surface area contributed by atoms with Gasteiger partial charge in [0.15, 0.2) is 0 Å². The average molecular weight is 318 g/mol. The number of nitrogens with zero attached hydrogens (tertiary/aromatic N) is 4. The van der Waals surface area contributed by atoms with E-state index in [-0.39, 0.29) is 24.9 Å². The van der Waals surface area contributed by atoms with Crippen LogP contribution in [0.1, 0.15) is 31.1 Å². The molecule has 0 saturated heterocycles. The van der Waals surface area contributed by atoms with Gasteiger partial charge in [-0.25, -0.2) is 9.78 Å². The van der Waals surface area contributed by atoms with Gasteiger partial charge < -0.3 is 9.88 Å². The lowest BCUT2D eigenvalue weighted by Gasteiger charge is -2.17. The van der Waals surface area contributed by atoms with E-state index in [2.05, 4.69) is 20.4 Å². The molecule has 122 valence electrons. The molecule has 0 bridgehead atoms. The zero-order valence-corrected chi connectivity index (χ0v) is 12.7. The second kappa shape index (κ2) is 6.19. The Bertz CT molecular complexity index is 816. The van der Waals surface area contributed by atoms with E-state index in [1.54, 1.807) is 11.7 Å². The van der Waals surface area contributed by atoms with Gasteiger partial charge >= 0.3 is 5.69 Å². The van der Waals surface area contributed by atoms with Crippen LogP contribution in [0.2, 0.25) is 0 Å². The lowest BCUT2D eigenvalue weighted by Crippen LogP contribution is -2.34. The lowest BCUT2D eigenvalue weighted by atomic mass is 10.1. The molecule has 2 aromatic heterocycles. The number of carbonyl (C=O) groups is 1. The molecule has 9 heteroatoms. The Kier molecular flexibility index (Phi) is 4.09. The number of aromatic nitrogens is 5. The summed E-state index contributed by atoms with van der Waals surface area (Å²) in [5.74, 6) is 0.961. The third-order valence-electron chi connectivity index (χ3n) is 3.91. The Morgan fingerprint density at radius 1 is 1.48 bits per heavy atom. The van der Waals surface area contributed by atoms with Gasteiger partial charge in [0.05, 0.1) is 6.04 Å². The van der Waals surface area contributed by atoms with Crippen LogP contribution in [0.4, 0.5) is 0 Å². The van der Waals surface area contributed by atoms with Crippen molar-refractivity contribution in [1.29, 1.82) is 0 Å². The molecular weight excluding hydrogens is 300 g/mol. The Morgan fingerprint density at radius 3 is 2.87 bits per heavy atom. The molecule has 1 saturated carbocycles. The van der Waals surface area contributed by atoms with Crippen LogP contribution < -0.4 is 16.6 Å². The van der Waals surface area contributed by atoms with Crippen molar-refractivity contribution in [1.82, 2.24) is 29.6 Å². The summed E-state index contributed by atoms with van der Waals surface area (Å²) in [6, 6.07) is 1.11. The van der Waals surface area contributed by atoms with Crippen molar-refractivity contribution in [2.75, 3.05) is 0 Å². The highest BCUT2D eigenvalue weighted by Crippen LogP contribution is 2.40. The number of rotatable bonds is 6. The average Bonchev–Trinajstić information content (AvgIpc) is 3.26. The first-order valence-electron chi connectivity index (χ1n) is 7.47.